The molecule has 47 heavy (non-hydrogen) atoms. The number of para-hydroxylation sites is 1. The van der Waals surface area contributed by atoms with Gasteiger partial charge in [0.15, 0.2) is 0 Å². The molecule has 3 aliphatic rings. The van der Waals surface area contributed by atoms with Crippen molar-refractivity contribution in [3.8, 4) is 0 Å². The van der Waals surface area contributed by atoms with Crippen molar-refractivity contribution < 1.29 is 33.8 Å². The van der Waals surface area contributed by atoms with Crippen LogP contribution in [0, 0.1) is 17.8 Å². The Bertz CT molecular complexity index is 1530. The van der Waals surface area contributed by atoms with E-state index in [1.54, 1.807) is 23.8 Å². The molecule has 2 bridgehead atoms. The molecular formula is C33H43BrN6O7. The van der Waals surface area contributed by atoms with Gasteiger partial charge in [0.25, 0.3) is 0 Å². The molecule has 254 valence electrons. The average Bonchev–Trinajstić information content (AvgIpc) is 3.76. The summed E-state index contributed by atoms with van der Waals surface area (Å²) in [7, 11) is 0. The summed E-state index contributed by atoms with van der Waals surface area (Å²) < 4.78 is 14.0. The minimum absolute atomic E-state index is 0.0266. The molecule has 0 radical (unpaired) electrons. The number of carbonyl (C=O) groups is 4. The van der Waals surface area contributed by atoms with Crippen molar-refractivity contribution >= 4 is 50.7 Å². The lowest BCUT2D eigenvalue weighted by atomic mass is 9.70. The van der Waals surface area contributed by atoms with E-state index in [1.807, 2.05) is 38.1 Å². The maximum absolute atomic E-state index is 14.8. The molecule has 3 amide bonds. The minimum Gasteiger partial charge on any atom is -0.460 e. The van der Waals surface area contributed by atoms with Crippen LogP contribution in [0.15, 0.2) is 49.6 Å². The topological polar surface area (TPSA) is 156 Å². The van der Waals surface area contributed by atoms with E-state index in [1.165, 1.54) is 9.80 Å². The van der Waals surface area contributed by atoms with Gasteiger partial charge in [-0.1, -0.05) is 59.3 Å². The molecule has 5 rings (SSSR count). The van der Waals surface area contributed by atoms with Crippen LogP contribution in [0.5, 0.6) is 0 Å². The second kappa shape index (κ2) is 14.2. The van der Waals surface area contributed by atoms with E-state index >= 15 is 0 Å². The number of nitrogens with one attached hydrogen (secondary N) is 1. The number of nitrogens with zero attached hydrogens (tertiary/aromatic N) is 5. The average molecular weight is 716 g/mol. The van der Waals surface area contributed by atoms with Crippen LogP contribution in [0.4, 0.5) is 0 Å². The van der Waals surface area contributed by atoms with Crippen molar-refractivity contribution in [2.24, 2.45) is 17.8 Å². The van der Waals surface area contributed by atoms with E-state index < -0.39 is 59.5 Å². The van der Waals surface area contributed by atoms with Gasteiger partial charge in [0.2, 0.25) is 17.7 Å². The van der Waals surface area contributed by atoms with Gasteiger partial charge in [-0.3, -0.25) is 19.2 Å². The Morgan fingerprint density at radius 3 is 2.68 bits per heavy atom. The Kier molecular flexibility index (Phi) is 10.5. The third-order valence-corrected chi connectivity index (χ3v) is 10.3. The second-order valence-electron chi connectivity index (χ2n) is 12.9. The van der Waals surface area contributed by atoms with Crippen LogP contribution in [0.25, 0.3) is 11.0 Å². The van der Waals surface area contributed by atoms with Gasteiger partial charge >= 0.3 is 5.97 Å². The van der Waals surface area contributed by atoms with Gasteiger partial charge in [-0.2, -0.15) is 0 Å². The number of benzene rings is 1. The molecule has 0 saturated carbocycles. The molecule has 3 aliphatic heterocycles. The number of aliphatic hydroxyl groups is 1. The van der Waals surface area contributed by atoms with Crippen LogP contribution in [0.2, 0.25) is 0 Å². The first-order chi connectivity index (χ1) is 22.5. The van der Waals surface area contributed by atoms with E-state index in [9.17, 15) is 24.3 Å². The highest BCUT2D eigenvalue weighted by molar-refractivity contribution is 9.09. The number of ether oxygens (including phenoxy) is 2. The molecule has 1 unspecified atom stereocenters. The number of rotatable bonds is 15. The van der Waals surface area contributed by atoms with E-state index in [0.717, 1.165) is 5.52 Å². The van der Waals surface area contributed by atoms with Gasteiger partial charge in [-0.05, 0) is 37.8 Å². The Labute approximate surface area is 282 Å². The van der Waals surface area contributed by atoms with Crippen molar-refractivity contribution in [3.63, 3.8) is 0 Å². The molecule has 3 fully saturated rings. The first-order valence-corrected chi connectivity index (χ1v) is 16.9. The van der Waals surface area contributed by atoms with Gasteiger partial charge in [0, 0.05) is 17.8 Å². The summed E-state index contributed by atoms with van der Waals surface area (Å²) in [5, 5.41) is 21.8. The fraction of sp³-hybridized carbons (Fsp3) is 0.576. The smallest absolute Gasteiger partial charge is 0.312 e. The number of fused-ring (bicyclic) bond motifs is 2. The Hall–Kier alpha value is -3.62. The van der Waals surface area contributed by atoms with Gasteiger partial charge < -0.3 is 29.7 Å². The molecule has 1 aromatic carbocycles. The first kappa shape index (κ1) is 34.7. The molecule has 4 heterocycles. The molecule has 2 N–H and O–H groups in total. The minimum atomic E-state index is -1.36. The number of carbonyl (C=O) groups excluding carboxylic acids is 4. The largest absolute Gasteiger partial charge is 0.460 e. The van der Waals surface area contributed by atoms with Crippen LogP contribution < -0.4 is 5.32 Å². The third kappa shape index (κ3) is 6.34. The zero-order valence-electron chi connectivity index (χ0n) is 27.0. The van der Waals surface area contributed by atoms with Crippen LogP contribution in [0.3, 0.4) is 0 Å². The highest BCUT2D eigenvalue weighted by atomic mass is 79.9. The number of aromatic nitrogens is 3. The fourth-order valence-corrected chi connectivity index (χ4v) is 8.16. The van der Waals surface area contributed by atoms with Crippen LogP contribution in [0.1, 0.15) is 40.0 Å². The maximum atomic E-state index is 14.8. The molecule has 0 aliphatic carbocycles. The predicted octanol–water partition coefficient (Wildman–Crippen LogP) is 2.18. The van der Waals surface area contributed by atoms with Gasteiger partial charge in [-0.25, -0.2) is 4.68 Å². The van der Waals surface area contributed by atoms with Crippen molar-refractivity contribution in [2.45, 2.75) is 81.4 Å². The highest BCUT2D eigenvalue weighted by Crippen LogP contribution is 2.61. The molecule has 1 aromatic heterocycles. The van der Waals surface area contributed by atoms with Crippen molar-refractivity contribution in [1.29, 1.82) is 0 Å². The summed E-state index contributed by atoms with van der Waals surface area (Å²) in [6.07, 6.45) is 2.95. The third-order valence-electron chi connectivity index (χ3n) is 9.41. The number of amides is 3. The number of likely N-dealkylation sites (tertiary alicyclic amines) is 1. The summed E-state index contributed by atoms with van der Waals surface area (Å²) in [5.41, 5.74) is 0.0414. The number of hydrogen-bond donors (Lipinski definition) is 2. The first-order valence-electron chi connectivity index (χ1n) is 16.0. The van der Waals surface area contributed by atoms with E-state index in [2.05, 4.69) is 44.7 Å². The van der Waals surface area contributed by atoms with E-state index in [4.69, 9.17) is 9.47 Å². The second-order valence-corrected chi connectivity index (χ2v) is 14.0. The molecule has 14 heteroatoms. The molecular weight excluding hydrogens is 672 g/mol. The fourth-order valence-electron chi connectivity index (χ4n) is 7.22. The Balaban J connectivity index is 1.47. The van der Waals surface area contributed by atoms with Crippen molar-refractivity contribution in [1.82, 2.24) is 30.1 Å². The summed E-state index contributed by atoms with van der Waals surface area (Å²) in [5.74, 6) is -3.90. The van der Waals surface area contributed by atoms with Crippen molar-refractivity contribution in [3.05, 3.63) is 49.6 Å². The number of esters is 1. The molecule has 2 aromatic rings. The number of halogens is 1. The van der Waals surface area contributed by atoms with Crippen LogP contribution in [-0.4, -0.2) is 108 Å². The normalized spacial score (nSPS) is 27.5. The standard InChI is InChI=1S/C33H43BrN6O7/c1-6-8-13-25(42)35-16-20(5)46-32(45)26-27-30(43)40(24(17-41)19(3)4)29(33(27)15-21(34)28(26)47-33)31(44)38(14-7-2)18-39-23-12-10-9-11-22(23)36-37-39/h6-7,9-12,19-21,24,26-29,41H,1-2,8,13-18H2,3-5H3,(H,35,42)/t20-,21?,24+,26+,27-,28+,29+,33-/m1/s1. The molecule has 3 saturated heterocycles. The van der Waals surface area contributed by atoms with Crippen molar-refractivity contribution in [2.75, 3.05) is 19.7 Å². The summed E-state index contributed by atoms with van der Waals surface area (Å²) >= 11 is 3.68. The van der Waals surface area contributed by atoms with Crippen LogP contribution in [-0.2, 0) is 35.3 Å². The van der Waals surface area contributed by atoms with Crippen LogP contribution >= 0.6 is 15.9 Å². The van der Waals surface area contributed by atoms with E-state index in [0.29, 0.717) is 18.4 Å². The summed E-state index contributed by atoms with van der Waals surface area (Å²) in [6.45, 7) is 12.7. The Morgan fingerprint density at radius 2 is 2.00 bits per heavy atom. The number of allylic oxidation sites excluding steroid dienone is 1. The predicted molar refractivity (Wildman–Crippen MR) is 176 cm³/mol. The molecule has 1 spiro atoms. The zero-order chi connectivity index (χ0) is 34.0. The molecule has 8 atom stereocenters. The van der Waals surface area contributed by atoms with Gasteiger partial charge in [0.05, 0.1) is 42.6 Å². The monoisotopic (exact) mass is 714 g/mol. The zero-order valence-corrected chi connectivity index (χ0v) is 28.5. The number of hydrogen-bond acceptors (Lipinski definition) is 9. The van der Waals surface area contributed by atoms with Gasteiger partial charge in [-0.15, -0.1) is 18.3 Å². The lowest BCUT2D eigenvalue weighted by molar-refractivity contribution is -0.160. The summed E-state index contributed by atoms with van der Waals surface area (Å²) in [4.78, 5) is 57.9. The van der Waals surface area contributed by atoms with Gasteiger partial charge in [0.1, 0.15) is 29.9 Å². The summed E-state index contributed by atoms with van der Waals surface area (Å²) in [6, 6.07) is 5.53. The highest BCUT2D eigenvalue weighted by Gasteiger charge is 2.77. The number of aliphatic hydroxyl groups excluding tert-OH is 1. The lowest BCUT2D eigenvalue weighted by Crippen LogP contribution is -2.60. The SMILES string of the molecule is C=CCCC(=O)NC[C@@H](C)OC(=O)[C@@H]1[C@H]2O[C@@]3(CC2Br)[C@H](C(=O)N(CC=C)Cn2nnc4ccccc42)N([C@@H](CO)C(C)C)C(=O)[C@@H]13. The molecule has 13 nitrogen and oxygen atoms in total. The number of alkyl halides is 1. The lowest BCUT2D eigenvalue weighted by Gasteiger charge is -2.40. The Morgan fingerprint density at radius 1 is 1.26 bits per heavy atom. The maximum Gasteiger partial charge on any atom is 0.312 e. The quantitative estimate of drug-likeness (QED) is 0.160. The van der Waals surface area contributed by atoms with E-state index in [-0.39, 0.29) is 49.4 Å².